The molecular formula is C20H24N2. The van der Waals surface area contributed by atoms with E-state index in [-0.39, 0.29) is 0 Å². The van der Waals surface area contributed by atoms with Crippen molar-refractivity contribution in [2.24, 2.45) is 0 Å². The summed E-state index contributed by atoms with van der Waals surface area (Å²) in [6, 6.07) is 10.7. The van der Waals surface area contributed by atoms with Crippen LogP contribution in [0.2, 0.25) is 0 Å². The van der Waals surface area contributed by atoms with Crippen LogP contribution in [0.25, 0.3) is 12.2 Å². The molecule has 3 rings (SSSR count). The molecule has 0 saturated carbocycles. The molecule has 2 nitrogen and oxygen atoms in total. The number of pyridine rings is 1. The van der Waals surface area contributed by atoms with Crippen LogP contribution in [0.1, 0.15) is 42.7 Å². The summed E-state index contributed by atoms with van der Waals surface area (Å²) in [5.41, 5.74) is 6.77. The van der Waals surface area contributed by atoms with Crippen LogP contribution in [0, 0.1) is 0 Å². The van der Waals surface area contributed by atoms with Crippen molar-refractivity contribution in [1.29, 1.82) is 0 Å². The third-order valence-electron chi connectivity index (χ3n) is 4.38. The van der Waals surface area contributed by atoms with E-state index in [1.54, 1.807) is 0 Å². The van der Waals surface area contributed by atoms with Gasteiger partial charge in [0.15, 0.2) is 0 Å². The first-order valence-electron chi connectivity index (χ1n) is 8.31. The van der Waals surface area contributed by atoms with Crippen LogP contribution in [0.15, 0.2) is 36.5 Å². The van der Waals surface area contributed by atoms with Crippen LogP contribution >= 0.6 is 0 Å². The van der Waals surface area contributed by atoms with Crippen molar-refractivity contribution >= 4 is 17.8 Å². The number of nitrogens with zero attached hydrogens (tertiary/aromatic N) is 2. The van der Waals surface area contributed by atoms with Crippen LogP contribution in [-0.2, 0) is 12.8 Å². The van der Waals surface area contributed by atoms with Crippen molar-refractivity contribution in [3.63, 3.8) is 0 Å². The summed E-state index contributed by atoms with van der Waals surface area (Å²) in [4.78, 5) is 6.89. The van der Waals surface area contributed by atoms with Crippen LogP contribution in [-0.4, -0.2) is 18.1 Å². The fraction of sp³-hybridized carbons (Fsp3) is 0.350. The summed E-state index contributed by atoms with van der Waals surface area (Å²) in [5.74, 6) is 0. The predicted molar refractivity (Wildman–Crippen MR) is 95.2 cm³/mol. The first-order chi connectivity index (χ1) is 10.8. The molecule has 22 heavy (non-hydrogen) atoms. The van der Waals surface area contributed by atoms with Crippen LogP contribution in [0.3, 0.4) is 0 Å². The molecule has 2 heterocycles. The Morgan fingerprint density at radius 3 is 2.82 bits per heavy atom. The number of hydrogen-bond donors (Lipinski definition) is 0. The highest BCUT2D eigenvalue weighted by Gasteiger charge is 2.18. The first-order valence-corrected chi connectivity index (χ1v) is 8.31. The van der Waals surface area contributed by atoms with Crippen molar-refractivity contribution < 1.29 is 0 Å². The average molecular weight is 292 g/mol. The molecule has 2 aromatic rings. The Kier molecular flexibility index (Phi) is 4.57. The van der Waals surface area contributed by atoms with E-state index in [0.29, 0.717) is 0 Å². The molecule has 114 valence electrons. The summed E-state index contributed by atoms with van der Waals surface area (Å²) in [5, 5.41) is 0. The lowest BCUT2D eigenvalue weighted by Gasteiger charge is -2.32. The molecule has 0 aliphatic carbocycles. The van der Waals surface area contributed by atoms with Crippen molar-refractivity contribution in [2.75, 3.05) is 18.0 Å². The second-order valence-corrected chi connectivity index (χ2v) is 5.81. The molecule has 0 radical (unpaired) electrons. The maximum Gasteiger partial charge on any atom is 0.0629 e. The maximum absolute atomic E-state index is 4.35. The topological polar surface area (TPSA) is 16.1 Å². The summed E-state index contributed by atoms with van der Waals surface area (Å²) < 4.78 is 0. The Labute approximate surface area is 133 Å². The zero-order valence-electron chi connectivity index (χ0n) is 13.5. The lowest BCUT2D eigenvalue weighted by atomic mass is 9.93. The predicted octanol–water partition coefficient (Wildman–Crippen LogP) is 4.59. The van der Waals surface area contributed by atoms with Gasteiger partial charge in [-0.05, 0) is 73.2 Å². The molecule has 0 spiro atoms. The lowest BCUT2D eigenvalue weighted by molar-refractivity contribution is 0.702. The van der Waals surface area contributed by atoms with Gasteiger partial charge in [-0.1, -0.05) is 19.1 Å². The Morgan fingerprint density at radius 2 is 2.09 bits per heavy atom. The highest BCUT2D eigenvalue weighted by Crippen LogP contribution is 2.33. The molecule has 1 aliphatic heterocycles. The van der Waals surface area contributed by atoms with Crippen molar-refractivity contribution in [1.82, 2.24) is 4.98 Å². The van der Waals surface area contributed by atoms with Gasteiger partial charge in [0.05, 0.1) is 5.69 Å². The number of benzene rings is 1. The quantitative estimate of drug-likeness (QED) is 0.819. The first kappa shape index (κ1) is 14.8. The number of fused-ring (bicyclic) bond motifs is 1. The second-order valence-electron chi connectivity index (χ2n) is 5.81. The molecule has 2 heteroatoms. The number of anilines is 1. The molecular weight excluding hydrogens is 268 g/mol. The van der Waals surface area contributed by atoms with Gasteiger partial charge in [-0.25, -0.2) is 0 Å². The Balaban J connectivity index is 1.95. The Morgan fingerprint density at radius 1 is 1.18 bits per heavy atom. The smallest absolute Gasteiger partial charge is 0.0629 e. The summed E-state index contributed by atoms with van der Waals surface area (Å²) >= 11 is 0. The van der Waals surface area contributed by atoms with Crippen LogP contribution in [0.5, 0.6) is 0 Å². The lowest BCUT2D eigenvalue weighted by Crippen LogP contribution is -2.30. The molecule has 0 N–H and O–H groups in total. The van der Waals surface area contributed by atoms with Crippen molar-refractivity contribution in [3.8, 4) is 0 Å². The number of aromatic nitrogens is 1. The number of rotatable bonds is 4. The van der Waals surface area contributed by atoms with Gasteiger partial charge in [0.1, 0.15) is 0 Å². The molecule has 0 bridgehead atoms. The molecule has 1 aromatic heterocycles. The molecule has 0 saturated heterocycles. The minimum absolute atomic E-state index is 1.01. The standard InChI is InChI=1S/C20H24N2/c1-3-17-14-16(10-11-19-9-5-6-12-21-19)15-18-8-7-13-22(4-2)20(17)18/h5-6,9-12,14-15H,3-4,7-8,13H2,1-2H3/b11-10+. The van der Waals surface area contributed by atoms with Gasteiger partial charge >= 0.3 is 0 Å². The van der Waals surface area contributed by atoms with Gasteiger partial charge in [0, 0.05) is 25.0 Å². The molecule has 1 aromatic carbocycles. The molecule has 1 aliphatic rings. The van der Waals surface area contributed by atoms with E-state index in [2.05, 4.69) is 48.0 Å². The van der Waals surface area contributed by atoms with Crippen molar-refractivity contribution in [3.05, 3.63) is 58.9 Å². The van der Waals surface area contributed by atoms with E-state index in [1.807, 2.05) is 24.4 Å². The fourth-order valence-corrected chi connectivity index (χ4v) is 3.29. The van der Waals surface area contributed by atoms with Crippen LogP contribution in [0.4, 0.5) is 5.69 Å². The average Bonchev–Trinajstić information content (AvgIpc) is 2.59. The zero-order valence-corrected chi connectivity index (χ0v) is 13.5. The highest BCUT2D eigenvalue weighted by molar-refractivity contribution is 5.72. The van der Waals surface area contributed by atoms with Crippen molar-refractivity contribution in [2.45, 2.75) is 33.1 Å². The second kappa shape index (κ2) is 6.78. The molecule has 0 atom stereocenters. The van der Waals surface area contributed by atoms with E-state index >= 15 is 0 Å². The number of aryl methyl sites for hydroxylation is 2. The monoisotopic (exact) mass is 292 g/mol. The molecule has 0 unspecified atom stereocenters. The maximum atomic E-state index is 4.35. The van der Waals surface area contributed by atoms with Gasteiger partial charge in [0.2, 0.25) is 0 Å². The Hall–Kier alpha value is -2.09. The highest BCUT2D eigenvalue weighted by atomic mass is 15.1. The normalized spacial score (nSPS) is 14.4. The minimum Gasteiger partial charge on any atom is -0.371 e. The van der Waals surface area contributed by atoms with Gasteiger partial charge < -0.3 is 4.90 Å². The van der Waals surface area contributed by atoms with E-state index in [0.717, 1.165) is 18.7 Å². The summed E-state index contributed by atoms with van der Waals surface area (Å²) in [6.07, 6.45) is 9.67. The van der Waals surface area contributed by atoms with Crippen LogP contribution < -0.4 is 4.90 Å². The third-order valence-corrected chi connectivity index (χ3v) is 4.38. The van der Waals surface area contributed by atoms with Gasteiger partial charge in [-0.3, -0.25) is 4.98 Å². The zero-order chi connectivity index (χ0) is 15.4. The van der Waals surface area contributed by atoms with E-state index in [4.69, 9.17) is 0 Å². The number of hydrogen-bond acceptors (Lipinski definition) is 2. The fourth-order valence-electron chi connectivity index (χ4n) is 3.29. The molecule has 0 fully saturated rings. The molecule has 0 amide bonds. The SMILES string of the molecule is CCc1cc(/C=C/c2ccccn2)cc2c1N(CC)CCC2. The van der Waals surface area contributed by atoms with E-state index < -0.39 is 0 Å². The minimum atomic E-state index is 1.01. The van der Waals surface area contributed by atoms with E-state index in [1.165, 1.54) is 41.8 Å². The summed E-state index contributed by atoms with van der Waals surface area (Å²) in [7, 11) is 0. The van der Waals surface area contributed by atoms with Gasteiger partial charge in [-0.2, -0.15) is 0 Å². The van der Waals surface area contributed by atoms with Gasteiger partial charge in [0.25, 0.3) is 0 Å². The summed E-state index contributed by atoms with van der Waals surface area (Å²) in [6.45, 7) is 6.80. The van der Waals surface area contributed by atoms with E-state index in [9.17, 15) is 0 Å². The van der Waals surface area contributed by atoms with Gasteiger partial charge in [-0.15, -0.1) is 0 Å². The largest absolute Gasteiger partial charge is 0.371 e. The Bertz CT molecular complexity index is 642. The third kappa shape index (κ3) is 3.06.